The molecule has 19 heavy (non-hydrogen) atoms. The van der Waals surface area contributed by atoms with Gasteiger partial charge in [-0.1, -0.05) is 11.6 Å². The standard InChI is InChI=1S/C13H10ClFN4/c14-9-3-1-7(15)5-11(9)18-13-17-10-4-2-8(16)6-12(10)19-13/h1-6H,16H2,(H2,17,18,19). The van der Waals surface area contributed by atoms with E-state index in [9.17, 15) is 4.39 Å². The Balaban J connectivity index is 1.98. The second kappa shape index (κ2) is 4.44. The summed E-state index contributed by atoms with van der Waals surface area (Å²) in [7, 11) is 0. The molecule has 2 aromatic carbocycles. The Kier molecular flexibility index (Phi) is 2.76. The van der Waals surface area contributed by atoms with Gasteiger partial charge in [0.1, 0.15) is 5.82 Å². The molecule has 1 heterocycles. The number of anilines is 3. The molecule has 6 heteroatoms. The lowest BCUT2D eigenvalue weighted by molar-refractivity contribution is 0.628. The number of H-pyrrole nitrogens is 1. The van der Waals surface area contributed by atoms with Gasteiger partial charge in [-0.25, -0.2) is 9.37 Å². The van der Waals surface area contributed by atoms with Gasteiger partial charge in [0.15, 0.2) is 0 Å². The first-order valence-electron chi connectivity index (χ1n) is 5.59. The van der Waals surface area contributed by atoms with Gasteiger partial charge in [0.25, 0.3) is 0 Å². The van der Waals surface area contributed by atoms with Gasteiger partial charge in [0.2, 0.25) is 5.95 Å². The van der Waals surface area contributed by atoms with E-state index in [0.29, 0.717) is 22.3 Å². The van der Waals surface area contributed by atoms with Crippen LogP contribution in [0.2, 0.25) is 5.02 Å². The third-order valence-corrected chi connectivity index (χ3v) is 3.02. The lowest BCUT2D eigenvalue weighted by atomic mass is 10.3. The summed E-state index contributed by atoms with van der Waals surface area (Å²) >= 11 is 5.98. The number of nitrogens with zero attached hydrogens (tertiary/aromatic N) is 1. The zero-order valence-corrected chi connectivity index (χ0v) is 10.5. The highest BCUT2D eigenvalue weighted by molar-refractivity contribution is 6.33. The third kappa shape index (κ3) is 2.32. The zero-order valence-electron chi connectivity index (χ0n) is 9.74. The van der Waals surface area contributed by atoms with E-state index in [2.05, 4.69) is 15.3 Å². The minimum Gasteiger partial charge on any atom is -0.399 e. The van der Waals surface area contributed by atoms with Gasteiger partial charge >= 0.3 is 0 Å². The molecule has 0 radical (unpaired) electrons. The van der Waals surface area contributed by atoms with Gasteiger partial charge in [-0.3, -0.25) is 0 Å². The van der Waals surface area contributed by atoms with Crippen LogP contribution < -0.4 is 11.1 Å². The van der Waals surface area contributed by atoms with Crippen molar-refractivity contribution in [3.05, 3.63) is 47.2 Å². The van der Waals surface area contributed by atoms with E-state index in [1.54, 1.807) is 18.2 Å². The first-order valence-corrected chi connectivity index (χ1v) is 5.97. The van der Waals surface area contributed by atoms with Crippen LogP contribution in [0.4, 0.5) is 21.7 Å². The van der Waals surface area contributed by atoms with Crippen LogP contribution in [0.25, 0.3) is 11.0 Å². The predicted molar refractivity (Wildman–Crippen MR) is 75.2 cm³/mol. The molecule has 3 rings (SSSR count). The zero-order chi connectivity index (χ0) is 13.4. The molecule has 96 valence electrons. The molecule has 4 nitrogen and oxygen atoms in total. The molecule has 0 amide bonds. The van der Waals surface area contributed by atoms with Crippen LogP contribution >= 0.6 is 11.6 Å². The highest BCUT2D eigenvalue weighted by Gasteiger charge is 2.06. The number of aromatic amines is 1. The number of aromatic nitrogens is 2. The van der Waals surface area contributed by atoms with Crippen LogP contribution in [0.3, 0.4) is 0 Å². The minimum atomic E-state index is -0.368. The van der Waals surface area contributed by atoms with Gasteiger partial charge in [-0.15, -0.1) is 0 Å². The Labute approximate surface area is 113 Å². The van der Waals surface area contributed by atoms with E-state index in [-0.39, 0.29) is 5.82 Å². The first-order chi connectivity index (χ1) is 9.11. The molecule has 3 aromatic rings. The molecule has 0 aliphatic rings. The summed E-state index contributed by atoms with van der Waals surface area (Å²) in [5, 5.41) is 3.36. The Morgan fingerprint density at radius 1 is 1.21 bits per heavy atom. The highest BCUT2D eigenvalue weighted by atomic mass is 35.5. The Morgan fingerprint density at radius 2 is 2.05 bits per heavy atom. The number of nitrogen functional groups attached to an aromatic ring is 1. The van der Waals surface area contributed by atoms with Crippen molar-refractivity contribution in [1.82, 2.24) is 9.97 Å². The van der Waals surface area contributed by atoms with Crippen molar-refractivity contribution in [2.24, 2.45) is 0 Å². The molecule has 0 fully saturated rings. The highest BCUT2D eigenvalue weighted by Crippen LogP contribution is 2.26. The summed E-state index contributed by atoms with van der Waals surface area (Å²) in [5.74, 6) is 0.111. The SMILES string of the molecule is Nc1ccc2nc(Nc3cc(F)ccc3Cl)[nH]c2c1. The van der Waals surface area contributed by atoms with Crippen LogP contribution in [0.1, 0.15) is 0 Å². The van der Waals surface area contributed by atoms with E-state index in [4.69, 9.17) is 17.3 Å². The van der Waals surface area contributed by atoms with E-state index in [0.717, 1.165) is 11.0 Å². The summed E-state index contributed by atoms with van der Waals surface area (Å²) in [6.07, 6.45) is 0. The monoisotopic (exact) mass is 276 g/mol. The number of halogens is 2. The van der Waals surface area contributed by atoms with Crippen molar-refractivity contribution in [2.75, 3.05) is 11.1 Å². The van der Waals surface area contributed by atoms with Gasteiger partial charge < -0.3 is 16.0 Å². The fourth-order valence-corrected chi connectivity index (χ4v) is 1.97. The van der Waals surface area contributed by atoms with Crippen LogP contribution in [-0.4, -0.2) is 9.97 Å². The predicted octanol–water partition coefficient (Wildman–Crippen LogP) is 3.68. The summed E-state index contributed by atoms with van der Waals surface area (Å²) in [6, 6.07) is 9.44. The van der Waals surface area contributed by atoms with Gasteiger partial charge in [-0.2, -0.15) is 0 Å². The topological polar surface area (TPSA) is 66.7 Å². The van der Waals surface area contributed by atoms with Crippen LogP contribution in [0.15, 0.2) is 36.4 Å². The number of imidazole rings is 1. The third-order valence-electron chi connectivity index (χ3n) is 2.69. The van der Waals surface area contributed by atoms with Gasteiger partial charge in [0.05, 0.1) is 21.7 Å². The quantitative estimate of drug-likeness (QED) is 0.626. The number of fused-ring (bicyclic) bond motifs is 1. The van der Waals surface area contributed by atoms with Crippen molar-refractivity contribution >= 4 is 40.0 Å². The fraction of sp³-hybridized carbons (Fsp3) is 0. The van der Waals surface area contributed by atoms with Crippen LogP contribution in [-0.2, 0) is 0 Å². The van der Waals surface area contributed by atoms with Crippen LogP contribution in [0, 0.1) is 5.82 Å². The average molecular weight is 277 g/mol. The maximum atomic E-state index is 13.2. The molecule has 0 atom stereocenters. The fourth-order valence-electron chi connectivity index (χ4n) is 1.81. The smallest absolute Gasteiger partial charge is 0.205 e. The molecular formula is C13H10ClFN4. The normalized spacial score (nSPS) is 10.8. The number of benzene rings is 2. The van der Waals surface area contributed by atoms with E-state index in [1.165, 1.54) is 18.2 Å². The molecule has 1 aromatic heterocycles. The molecule has 0 aliphatic carbocycles. The Hall–Kier alpha value is -2.27. The average Bonchev–Trinajstić information content (AvgIpc) is 2.75. The Morgan fingerprint density at radius 3 is 2.89 bits per heavy atom. The lowest BCUT2D eigenvalue weighted by Crippen LogP contribution is -1.93. The number of hydrogen-bond donors (Lipinski definition) is 3. The summed E-state index contributed by atoms with van der Waals surface area (Å²) in [4.78, 5) is 7.36. The van der Waals surface area contributed by atoms with E-state index < -0.39 is 0 Å². The number of rotatable bonds is 2. The van der Waals surface area contributed by atoms with E-state index >= 15 is 0 Å². The van der Waals surface area contributed by atoms with Gasteiger partial charge in [-0.05, 0) is 36.4 Å². The largest absolute Gasteiger partial charge is 0.399 e. The summed E-state index contributed by atoms with van der Waals surface area (Å²) < 4.78 is 13.2. The molecule has 0 aliphatic heterocycles. The molecular weight excluding hydrogens is 267 g/mol. The van der Waals surface area contributed by atoms with E-state index in [1.807, 2.05) is 0 Å². The minimum absolute atomic E-state index is 0.368. The Bertz CT molecular complexity index is 753. The van der Waals surface area contributed by atoms with Crippen molar-refractivity contribution in [2.45, 2.75) is 0 Å². The number of hydrogen-bond acceptors (Lipinski definition) is 3. The second-order valence-electron chi connectivity index (χ2n) is 4.11. The van der Waals surface area contributed by atoms with Crippen molar-refractivity contribution in [1.29, 1.82) is 0 Å². The van der Waals surface area contributed by atoms with Crippen molar-refractivity contribution < 1.29 is 4.39 Å². The molecule has 0 spiro atoms. The van der Waals surface area contributed by atoms with Crippen LogP contribution in [0.5, 0.6) is 0 Å². The maximum Gasteiger partial charge on any atom is 0.205 e. The summed E-state index contributed by atoms with van der Waals surface area (Å²) in [6.45, 7) is 0. The molecule has 0 saturated heterocycles. The summed E-state index contributed by atoms with van der Waals surface area (Å²) in [5.41, 5.74) is 8.36. The molecule has 0 saturated carbocycles. The maximum absolute atomic E-state index is 13.2. The van der Waals surface area contributed by atoms with Crippen molar-refractivity contribution in [3.63, 3.8) is 0 Å². The molecule has 4 N–H and O–H groups in total. The number of nitrogens with one attached hydrogen (secondary N) is 2. The first kappa shape index (κ1) is 11.8. The second-order valence-corrected chi connectivity index (χ2v) is 4.52. The molecule has 0 unspecified atom stereocenters. The van der Waals surface area contributed by atoms with Gasteiger partial charge in [0, 0.05) is 5.69 Å². The molecule has 0 bridgehead atoms. The van der Waals surface area contributed by atoms with Crippen molar-refractivity contribution in [3.8, 4) is 0 Å². The number of nitrogens with two attached hydrogens (primary N) is 1. The lowest BCUT2D eigenvalue weighted by Gasteiger charge is -2.04.